The highest BCUT2D eigenvalue weighted by Crippen LogP contribution is 2.46. The number of H-pyrrole nitrogens is 1. The average Bonchev–Trinajstić information content (AvgIpc) is 3.50. The number of benzene rings is 1. The maximum Gasteiger partial charge on any atom is 0.224 e. The Bertz CT molecular complexity index is 1240. The van der Waals surface area contributed by atoms with Crippen molar-refractivity contribution in [1.82, 2.24) is 19.7 Å². The highest BCUT2D eigenvalue weighted by Gasteiger charge is 2.31. The molecule has 0 amide bonds. The van der Waals surface area contributed by atoms with Gasteiger partial charge >= 0.3 is 0 Å². The predicted molar refractivity (Wildman–Crippen MR) is 129 cm³/mol. The van der Waals surface area contributed by atoms with Gasteiger partial charge in [0.05, 0.1) is 18.2 Å². The summed E-state index contributed by atoms with van der Waals surface area (Å²) in [6.07, 6.45) is 5.92. The van der Waals surface area contributed by atoms with Gasteiger partial charge in [0.1, 0.15) is 17.0 Å². The summed E-state index contributed by atoms with van der Waals surface area (Å²) in [5, 5.41) is 23.0. The van der Waals surface area contributed by atoms with Crippen molar-refractivity contribution in [2.75, 3.05) is 7.11 Å². The zero-order chi connectivity index (χ0) is 22.5. The molecule has 0 saturated heterocycles. The average molecular weight is 451 g/mol. The molecule has 0 unspecified atom stereocenters. The highest BCUT2D eigenvalue weighted by molar-refractivity contribution is 7.12. The number of nitrogens with zero attached hydrogens (tertiary/aromatic N) is 3. The first-order valence-electron chi connectivity index (χ1n) is 11.3. The molecular weight excluding hydrogens is 420 g/mol. The number of thiazole rings is 1. The molecule has 3 heterocycles. The van der Waals surface area contributed by atoms with Crippen LogP contribution in [0.3, 0.4) is 0 Å². The molecule has 6 nitrogen and oxygen atoms in total. The van der Waals surface area contributed by atoms with E-state index in [1.807, 2.05) is 28.8 Å². The van der Waals surface area contributed by atoms with Crippen molar-refractivity contribution in [3.05, 3.63) is 41.0 Å². The molecule has 1 aliphatic rings. The van der Waals surface area contributed by atoms with E-state index in [4.69, 9.17) is 9.72 Å². The van der Waals surface area contributed by atoms with Gasteiger partial charge in [-0.3, -0.25) is 9.67 Å². The molecule has 32 heavy (non-hydrogen) atoms. The predicted octanol–water partition coefficient (Wildman–Crippen LogP) is 6.54. The van der Waals surface area contributed by atoms with E-state index in [2.05, 4.69) is 36.3 Å². The summed E-state index contributed by atoms with van der Waals surface area (Å²) in [5.74, 6) is 1.37. The molecule has 1 aliphatic carbocycles. The van der Waals surface area contributed by atoms with Crippen LogP contribution >= 0.6 is 11.3 Å². The Balaban J connectivity index is 1.74. The minimum absolute atomic E-state index is 0.0424. The normalized spacial score (nSPS) is 15.5. The fourth-order valence-electron chi connectivity index (χ4n) is 4.72. The van der Waals surface area contributed by atoms with Crippen molar-refractivity contribution in [1.29, 1.82) is 0 Å². The number of methoxy groups -OCH3 is 1. The molecule has 1 fully saturated rings. The summed E-state index contributed by atoms with van der Waals surface area (Å²) in [6.45, 7) is 6.50. The molecular formula is C25H30N4O2S. The number of aromatic nitrogens is 4. The lowest BCUT2D eigenvalue weighted by molar-refractivity contribution is 0.413. The van der Waals surface area contributed by atoms with Gasteiger partial charge in [0.2, 0.25) is 5.88 Å². The molecule has 0 atom stereocenters. The standard InChI is InChI=1S/C25H30N4O2S/c1-25(2,3)18-14-32-24(26-18)29-22(16-8-6-5-7-9-16)19-20(27-28-21(19)23(29)30)15-10-12-17(31-4)13-11-15/h10-14,16,28,30H,5-9H2,1-4H3. The molecule has 0 radical (unpaired) electrons. The summed E-state index contributed by atoms with van der Waals surface area (Å²) in [7, 11) is 1.67. The minimum Gasteiger partial charge on any atom is -0.497 e. The van der Waals surface area contributed by atoms with Crippen LogP contribution in [0, 0.1) is 0 Å². The smallest absolute Gasteiger partial charge is 0.224 e. The third-order valence-electron chi connectivity index (χ3n) is 6.51. The van der Waals surface area contributed by atoms with Gasteiger partial charge < -0.3 is 9.84 Å². The number of hydrogen-bond acceptors (Lipinski definition) is 5. The molecule has 0 bridgehead atoms. The number of ether oxygens (including phenoxy) is 1. The molecule has 1 saturated carbocycles. The Morgan fingerprint density at radius 2 is 1.84 bits per heavy atom. The summed E-state index contributed by atoms with van der Waals surface area (Å²) in [5.41, 5.74) is 4.68. The van der Waals surface area contributed by atoms with Gasteiger partial charge in [0.25, 0.3) is 0 Å². The lowest BCUT2D eigenvalue weighted by Gasteiger charge is -2.23. The first kappa shape index (κ1) is 21.1. The van der Waals surface area contributed by atoms with Crippen molar-refractivity contribution < 1.29 is 9.84 Å². The van der Waals surface area contributed by atoms with Crippen molar-refractivity contribution >= 4 is 22.2 Å². The molecule has 7 heteroatoms. The van der Waals surface area contributed by atoms with Crippen molar-refractivity contribution in [3.8, 4) is 28.0 Å². The number of rotatable bonds is 4. The monoisotopic (exact) mass is 450 g/mol. The third kappa shape index (κ3) is 3.48. The Morgan fingerprint density at radius 1 is 1.12 bits per heavy atom. The maximum absolute atomic E-state index is 11.3. The van der Waals surface area contributed by atoms with Gasteiger partial charge in [-0.05, 0) is 37.1 Å². The lowest BCUT2D eigenvalue weighted by atomic mass is 9.85. The van der Waals surface area contributed by atoms with Gasteiger partial charge in [0.15, 0.2) is 5.13 Å². The van der Waals surface area contributed by atoms with E-state index in [0.717, 1.165) is 51.8 Å². The SMILES string of the molecule is COc1ccc(-c2n[nH]c3c(O)n(-c4nc(C(C)(C)C)cs4)c(C4CCCCC4)c23)cc1. The fourth-order valence-corrected chi connectivity index (χ4v) is 5.78. The number of fused-ring (bicyclic) bond motifs is 1. The molecule has 4 aromatic rings. The molecule has 0 aliphatic heterocycles. The largest absolute Gasteiger partial charge is 0.497 e. The Morgan fingerprint density at radius 3 is 2.47 bits per heavy atom. The van der Waals surface area contributed by atoms with Crippen molar-refractivity contribution in [3.63, 3.8) is 0 Å². The van der Waals surface area contributed by atoms with E-state index in [9.17, 15) is 5.11 Å². The number of hydrogen-bond donors (Lipinski definition) is 2. The topological polar surface area (TPSA) is 76.0 Å². The number of aromatic amines is 1. The van der Waals surface area contributed by atoms with Gasteiger partial charge in [-0.2, -0.15) is 5.10 Å². The third-order valence-corrected chi connectivity index (χ3v) is 7.33. The number of aromatic hydroxyl groups is 1. The molecule has 3 aromatic heterocycles. The van der Waals surface area contributed by atoms with E-state index in [1.165, 1.54) is 19.3 Å². The van der Waals surface area contributed by atoms with Crippen LogP contribution in [0.2, 0.25) is 0 Å². The van der Waals surface area contributed by atoms with Crippen molar-refractivity contribution in [2.24, 2.45) is 0 Å². The molecule has 5 rings (SSSR count). The molecule has 1 aromatic carbocycles. The van der Waals surface area contributed by atoms with E-state index in [1.54, 1.807) is 18.4 Å². The van der Waals surface area contributed by atoms with E-state index in [-0.39, 0.29) is 11.3 Å². The first-order valence-corrected chi connectivity index (χ1v) is 12.2. The van der Waals surface area contributed by atoms with Gasteiger partial charge in [-0.25, -0.2) is 4.98 Å². The van der Waals surface area contributed by atoms with Crippen molar-refractivity contribution in [2.45, 2.75) is 64.2 Å². The van der Waals surface area contributed by atoms with Gasteiger partial charge in [-0.1, -0.05) is 40.0 Å². The fraction of sp³-hybridized carbons (Fsp3) is 0.440. The molecule has 2 N–H and O–H groups in total. The lowest BCUT2D eigenvalue weighted by Crippen LogP contribution is -2.13. The Hall–Kier alpha value is -2.80. The summed E-state index contributed by atoms with van der Waals surface area (Å²) in [6, 6.07) is 7.94. The highest BCUT2D eigenvalue weighted by atomic mass is 32.1. The maximum atomic E-state index is 11.3. The summed E-state index contributed by atoms with van der Waals surface area (Å²) >= 11 is 1.59. The van der Waals surface area contributed by atoms with Crippen LogP contribution in [0.5, 0.6) is 11.6 Å². The second-order valence-electron chi connectivity index (χ2n) is 9.70. The minimum atomic E-state index is -0.0424. The second kappa shape index (κ2) is 7.96. The van der Waals surface area contributed by atoms with Gasteiger partial charge in [0, 0.05) is 28.0 Å². The summed E-state index contributed by atoms with van der Waals surface area (Å²) in [4.78, 5) is 4.94. The van der Waals surface area contributed by atoms with Gasteiger partial charge in [-0.15, -0.1) is 11.3 Å². The number of nitrogens with one attached hydrogen (secondary N) is 1. The van der Waals surface area contributed by atoms with Crippen LogP contribution in [-0.2, 0) is 5.41 Å². The van der Waals surface area contributed by atoms with Crippen LogP contribution in [0.4, 0.5) is 0 Å². The quantitative estimate of drug-likeness (QED) is 0.370. The van der Waals surface area contributed by atoms with Crippen LogP contribution in [0.15, 0.2) is 29.6 Å². The zero-order valence-corrected chi connectivity index (χ0v) is 19.9. The van der Waals surface area contributed by atoms with Crippen LogP contribution in [0.25, 0.3) is 27.3 Å². The van der Waals surface area contributed by atoms with E-state index in [0.29, 0.717) is 11.4 Å². The molecule has 168 valence electrons. The zero-order valence-electron chi connectivity index (χ0n) is 19.1. The Labute approximate surface area is 192 Å². The molecule has 0 spiro atoms. The first-order chi connectivity index (χ1) is 15.4. The van der Waals surface area contributed by atoms with E-state index < -0.39 is 0 Å². The Kier molecular flexibility index (Phi) is 5.24. The second-order valence-corrected chi connectivity index (χ2v) is 10.5. The van der Waals surface area contributed by atoms with Crippen LogP contribution < -0.4 is 4.74 Å². The van der Waals surface area contributed by atoms with E-state index >= 15 is 0 Å². The van der Waals surface area contributed by atoms with Crippen LogP contribution in [0.1, 0.15) is 70.2 Å². The van der Waals surface area contributed by atoms with Crippen LogP contribution in [-0.4, -0.2) is 32.0 Å². The summed E-state index contributed by atoms with van der Waals surface area (Å²) < 4.78 is 7.30.